The zero-order chi connectivity index (χ0) is 13.2. The van der Waals surface area contributed by atoms with Crippen molar-refractivity contribution in [3.05, 3.63) is 36.3 Å². The maximum atomic E-state index is 5.89. The summed E-state index contributed by atoms with van der Waals surface area (Å²) < 4.78 is 2.29. The van der Waals surface area contributed by atoms with Gasteiger partial charge in [-0.2, -0.15) is 0 Å². The molecule has 0 bridgehead atoms. The summed E-state index contributed by atoms with van der Waals surface area (Å²) in [6.07, 6.45) is 3.74. The summed E-state index contributed by atoms with van der Waals surface area (Å²) in [7, 11) is 0. The highest BCUT2D eigenvalue weighted by Crippen LogP contribution is 2.25. The molecular formula is C15H16ClN3. The fourth-order valence-electron chi connectivity index (χ4n) is 2.55. The molecule has 0 aliphatic carbocycles. The van der Waals surface area contributed by atoms with E-state index in [4.69, 9.17) is 11.6 Å². The summed E-state index contributed by atoms with van der Waals surface area (Å²) >= 11 is 5.89. The largest absolute Gasteiger partial charge is 0.327 e. The third kappa shape index (κ3) is 2.08. The van der Waals surface area contributed by atoms with Gasteiger partial charge in [-0.3, -0.25) is 4.98 Å². The van der Waals surface area contributed by atoms with Gasteiger partial charge in [0.15, 0.2) is 0 Å². The molecule has 0 N–H and O–H groups in total. The van der Waals surface area contributed by atoms with Crippen LogP contribution >= 0.6 is 11.6 Å². The summed E-state index contributed by atoms with van der Waals surface area (Å²) in [5.41, 5.74) is 3.17. The van der Waals surface area contributed by atoms with Crippen LogP contribution in [0.5, 0.6) is 0 Å². The molecule has 0 fully saturated rings. The van der Waals surface area contributed by atoms with Crippen LogP contribution in [0.25, 0.3) is 21.9 Å². The van der Waals surface area contributed by atoms with E-state index in [-0.39, 0.29) is 0 Å². The molecule has 2 aromatic heterocycles. The number of hydrogen-bond acceptors (Lipinski definition) is 2. The van der Waals surface area contributed by atoms with Crippen LogP contribution in [0.1, 0.15) is 19.2 Å². The molecule has 4 heteroatoms. The van der Waals surface area contributed by atoms with Crippen molar-refractivity contribution in [2.45, 2.75) is 26.3 Å². The molecule has 3 aromatic rings. The van der Waals surface area contributed by atoms with Crippen molar-refractivity contribution in [2.75, 3.05) is 5.88 Å². The second kappa shape index (κ2) is 5.17. The Morgan fingerprint density at radius 3 is 2.84 bits per heavy atom. The number of halogens is 1. The minimum Gasteiger partial charge on any atom is -0.327 e. The third-order valence-electron chi connectivity index (χ3n) is 3.32. The molecule has 0 spiro atoms. The molecule has 0 aliphatic heterocycles. The van der Waals surface area contributed by atoms with E-state index >= 15 is 0 Å². The number of aromatic nitrogens is 3. The second-order valence-corrected chi connectivity index (χ2v) is 5.01. The van der Waals surface area contributed by atoms with Crippen LogP contribution in [-0.2, 0) is 13.0 Å². The fraction of sp³-hybridized carbons (Fsp3) is 0.333. The third-order valence-corrected chi connectivity index (χ3v) is 3.51. The van der Waals surface area contributed by atoms with Gasteiger partial charge in [0.25, 0.3) is 0 Å². The first-order valence-electron chi connectivity index (χ1n) is 6.64. The predicted octanol–water partition coefficient (Wildman–Crippen LogP) is 3.78. The highest BCUT2D eigenvalue weighted by Gasteiger charge is 2.12. The van der Waals surface area contributed by atoms with Crippen molar-refractivity contribution in [2.24, 2.45) is 0 Å². The monoisotopic (exact) mass is 273 g/mol. The molecule has 0 atom stereocenters. The number of aryl methyl sites for hydroxylation is 2. The van der Waals surface area contributed by atoms with Gasteiger partial charge < -0.3 is 4.57 Å². The molecule has 3 rings (SSSR count). The lowest BCUT2D eigenvalue weighted by molar-refractivity contribution is 0.661. The van der Waals surface area contributed by atoms with Gasteiger partial charge in [0.05, 0.1) is 17.2 Å². The molecule has 0 aliphatic rings. The molecule has 3 nitrogen and oxygen atoms in total. The molecule has 0 amide bonds. The molecule has 2 heterocycles. The van der Waals surface area contributed by atoms with Crippen LogP contribution in [0.3, 0.4) is 0 Å². The van der Waals surface area contributed by atoms with Gasteiger partial charge in [-0.15, -0.1) is 11.6 Å². The van der Waals surface area contributed by atoms with Crippen molar-refractivity contribution < 1.29 is 0 Å². The van der Waals surface area contributed by atoms with E-state index in [1.165, 1.54) is 10.9 Å². The zero-order valence-corrected chi connectivity index (χ0v) is 11.7. The van der Waals surface area contributed by atoms with Gasteiger partial charge in [-0.05, 0) is 12.5 Å². The van der Waals surface area contributed by atoms with Gasteiger partial charge in [0.2, 0.25) is 0 Å². The first-order chi connectivity index (χ1) is 9.35. The molecule has 0 radical (unpaired) electrons. The number of imidazole rings is 1. The van der Waals surface area contributed by atoms with Crippen molar-refractivity contribution in [3.8, 4) is 0 Å². The van der Waals surface area contributed by atoms with Gasteiger partial charge in [0.1, 0.15) is 11.3 Å². The smallest absolute Gasteiger partial charge is 0.111 e. The fourth-order valence-corrected chi connectivity index (χ4v) is 2.72. The number of para-hydroxylation sites is 1. The number of pyridine rings is 1. The Balaban J connectivity index is 2.35. The Bertz CT molecular complexity index is 718. The highest BCUT2D eigenvalue weighted by molar-refractivity contribution is 6.18. The average molecular weight is 274 g/mol. The first-order valence-corrected chi connectivity index (χ1v) is 7.17. The van der Waals surface area contributed by atoms with E-state index in [9.17, 15) is 0 Å². The number of fused-ring (bicyclic) bond motifs is 3. The van der Waals surface area contributed by atoms with E-state index < -0.39 is 0 Å². The van der Waals surface area contributed by atoms with Crippen molar-refractivity contribution in [1.82, 2.24) is 14.5 Å². The zero-order valence-electron chi connectivity index (χ0n) is 10.9. The molecule has 1 aromatic carbocycles. The topological polar surface area (TPSA) is 30.7 Å². The lowest BCUT2D eigenvalue weighted by Crippen LogP contribution is -2.04. The maximum Gasteiger partial charge on any atom is 0.111 e. The molecule has 98 valence electrons. The summed E-state index contributed by atoms with van der Waals surface area (Å²) in [5, 5.41) is 1.17. The Labute approximate surface area is 117 Å². The summed E-state index contributed by atoms with van der Waals surface area (Å²) in [4.78, 5) is 9.16. The quantitative estimate of drug-likeness (QED) is 0.678. The summed E-state index contributed by atoms with van der Waals surface area (Å²) in [6.45, 7) is 3.15. The van der Waals surface area contributed by atoms with Gasteiger partial charge in [-0.1, -0.05) is 25.1 Å². The van der Waals surface area contributed by atoms with Gasteiger partial charge in [0, 0.05) is 24.2 Å². The van der Waals surface area contributed by atoms with E-state index in [1.54, 1.807) is 0 Å². The van der Waals surface area contributed by atoms with Crippen LogP contribution in [0.4, 0.5) is 0 Å². The van der Waals surface area contributed by atoms with Crippen molar-refractivity contribution in [1.29, 1.82) is 0 Å². The van der Waals surface area contributed by atoms with E-state index in [0.29, 0.717) is 5.88 Å². The summed E-state index contributed by atoms with van der Waals surface area (Å²) in [6, 6.07) is 8.22. The average Bonchev–Trinajstić information content (AvgIpc) is 2.78. The minimum absolute atomic E-state index is 0.596. The van der Waals surface area contributed by atoms with Crippen molar-refractivity contribution in [3.63, 3.8) is 0 Å². The van der Waals surface area contributed by atoms with E-state index in [0.717, 1.165) is 36.2 Å². The Kier molecular flexibility index (Phi) is 3.38. The van der Waals surface area contributed by atoms with E-state index in [2.05, 4.69) is 27.5 Å². The molecule has 0 unspecified atom stereocenters. The second-order valence-electron chi connectivity index (χ2n) is 4.63. The Morgan fingerprint density at radius 2 is 2.05 bits per heavy atom. The minimum atomic E-state index is 0.596. The first kappa shape index (κ1) is 12.4. The van der Waals surface area contributed by atoms with Gasteiger partial charge >= 0.3 is 0 Å². The van der Waals surface area contributed by atoms with Crippen molar-refractivity contribution >= 4 is 33.5 Å². The molecule has 0 saturated carbocycles. The van der Waals surface area contributed by atoms with Crippen LogP contribution in [0.2, 0.25) is 0 Å². The number of rotatable bonds is 4. The Morgan fingerprint density at radius 1 is 1.21 bits per heavy atom. The standard InChI is InChI=1S/C15H16ClN3/c1-2-9-19-14(7-8-16)18-13-10-17-12-6-4-3-5-11(12)15(13)19/h3-6,10H,2,7-9H2,1H3. The highest BCUT2D eigenvalue weighted by atomic mass is 35.5. The van der Waals surface area contributed by atoms with Crippen LogP contribution in [-0.4, -0.2) is 20.4 Å². The Hall–Kier alpha value is -1.61. The van der Waals surface area contributed by atoms with Crippen LogP contribution in [0, 0.1) is 0 Å². The maximum absolute atomic E-state index is 5.89. The number of nitrogens with zero attached hydrogens (tertiary/aromatic N) is 3. The SMILES string of the molecule is CCCn1c(CCCl)nc2cnc3ccccc3c21. The molecule has 0 saturated heterocycles. The normalized spacial score (nSPS) is 11.5. The van der Waals surface area contributed by atoms with E-state index in [1.807, 2.05) is 24.4 Å². The van der Waals surface area contributed by atoms with Crippen LogP contribution in [0.15, 0.2) is 30.5 Å². The number of alkyl halides is 1. The molecule has 19 heavy (non-hydrogen) atoms. The number of benzene rings is 1. The van der Waals surface area contributed by atoms with Crippen LogP contribution < -0.4 is 0 Å². The number of hydrogen-bond donors (Lipinski definition) is 0. The lowest BCUT2D eigenvalue weighted by atomic mass is 10.2. The predicted molar refractivity (Wildman–Crippen MR) is 79.7 cm³/mol. The van der Waals surface area contributed by atoms with Gasteiger partial charge in [-0.25, -0.2) is 4.98 Å². The summed E-state index contributed by atoms with van der Waals surface area (Å²) in [5.74, 6) is 1.66. The lowest BCUT2D eigenvalue weighted by Gasteiger charge is -2.08. The molecular weight excluding hydrogens is 258 g/mol.